The second-order valence-electron chi connectivity index (χ2n) is 7.22. The SMILES string of the molecule is CC(=O)N(C)CC1NCCc2c1oc1ccc(S(=O)(=O)c3cccc(F)c3)cc21. The van der Waals surface area contributed by atoms with Gasteiger partial charge in [0.25, 0.3) is 0 Å². The third kappa shape index (κ3) is 3.54. The Balaban J connectivity index is 1.77. The van der Waals surface area contributed by atoms with Gasteiger partial charge in [-0.15, -0.1) is 0 Å². The van der Waals surface area contributed by atoms with Crippen molar-refractivity contribution in [2.24, 2.45) is 0 Å². The molecule has 0 saturated heterocycles. The molecule has 2 aromatic carbocycles. The lowest BCUT2D eigenvalue weighted by atomic mass is 9.99. The zero-order valence-electron chi connectivity index (χ0n) is 16.1. The van der Waals surface area contributed by atoms with E-state index in [1.54, 1.807) is 24.1 Å². The van der Waals surface area contributed by atoms with Crippen molar-refractivity contribution >= 4 is 26.7 Å². The van der Waals surface area contributed by atoms with Crippen LogP contribution in [0.3, 0.4) is 0 Å². The number of halogens is 1. The van der Waals surface area contributed by atoms with Crippen LogP contribution in [0.25, 0.3) is 11.0 Å². The first-order valence-electron chi connectivity index (χ1n) is 9.28. The highest BCUT2D eigenvalue weighted by molar-refractivity contribution is 7.91. The highest BCUT2D eigenvalue weighted by atomic mass is 32.2. The average Bonchev–Trinajstić information content (AvgIpc) is 3.07. The van der Waals surface area contributed by atoms with Gasteiger partial charge in [-0.25, -0.2) is 12.8 Å². The molecule has 8 heteroatoms. The number of carbonyl (C=O) groups is 1. The molecular formula is C21H21FN2O4S. The number of amides is 1. The van der Waals surface area contributed by atoms with Crippen LogP contribution in [0.1, 0.15) is 24.3 Å². The molecule has 0 fully saturated rings. The normalized spacial score (nSPS) is 16.6. The number of nitrogens with one attached hydrogen (secondary N) is 1. The van der Waals surface area contributed by atoms with Gasteiger partial charge in [-0.1, -0.05) is 6.07 Å². The van der Waals surface area contributed by atoms with Gasteiger partial charge in [-0.3, -0.25) is 4.79 Å². The maximum atomic E-state index is 13.5. The minimum atomic E-state index is -3.85. The Morgan fingerprint density at radius 2 is 2.00 bits per heavy atom. The minimum Gasteiger partial charge on any atom is -0.459 e. The van der Waals surface area contributed by atoms with Crippen molar-refractivity contribution < 1.29 is 22.0 Å². The van der Waals surface area contributed by atoms with Crippen LogP contribution < -0.4 is 5.32 Å². The molecule has 0 radical (unpaired) electrons. The summed E-state index contributed by atoms with van der Waals surface area (Å²) in [6.07, 6.45) is 0.687. The Labute approximate surface area is 168 Å². The molecular weight excluding hydrogens is 395 g/mol. The van der Waals surface area contributed by atoms with Crippen LogP contribution >= 0.6 is 0 Å². The summed E-state index contributed by atoms with van der Waals surface area (Å²) >= 11 is 0. The first kappa shape index (κ1) is 19.6. The molecule has 1 aromatic heterocycles. The van der Waals surface area contributed by atoms with Crippen LogP contribution in [-0.4, -0.2) is 39.4 Å². The van der Waals surface area contributed by atoms with Gasteiger partial charge in [0.15, 0.2) is 0 Å². The van der Waals surface area contributed by atoms with Crippen molar-refractivity contribution in [3.05, 3.63) is 59.6 Å². The van der Waals surface area contributed by atoms with Crippen LogP contribution in [0.15, 0.2) is 56.7 Å². The lowest BCUT2D eigenvalue weighted by Gasteiger charge is -2.27. The van der Waals surface area contributed by atoms with Crippen molar-refractivity contribution in [3.63, 3.8) is 0 Å². The van der Waals surface area contributed by atoms with E-state index in [1.807, 2.05) is 0 Å². The number of nitrogens with zero attached hydrogens (tertiary/aromatic N) is 1. The monoisotopic (exact) mass is 416 g/mol. The van der Waals surface area contributed by atoms with Gasteiger partial charge in [-0.2, -0.15) is 0 Å². The van der Waals surface area contributed by atoms with E-state index in [1.165, 1.54) is 31.2 Å². The number of likely N-dealkylation sites (N-methyl/N-ethyl adjacent to an activating group) is 1. The van der Waals surface area contributed by atoms with Gasteiger partial charge < -0.3 is 14.6 Å². The standard InChI is InChI=1S/C21H21FN2O4S/c1-13(25)24(2)12-19-21-17(8-9-23-19)18-11-16(6-7-20(18)28-21)29(26,27)15-5-3-4-14(22)10-15/h3-7,10-11,19,23H,8-9,12H2,1-2H3. The van der Waals surface area contributed by atoms with E-state index in [0.717, 1.165) is 22.8 Å². The number of furan rings is 1. The molecule has 0 spiro atoms. The maximum absolute atomic E-state index is 13.5. The molecule has 0 aliphatic carbocycles. The van der Waals surface area contributed by atoms with Gasteiger partial charge in [-0.05, 0) is 42.8 Å². The number of fused-ring (bicyclic) bond motifs is 3. The Kier molecular flexibility index (Phi) is 4.92. The van der Waals surface area contributed by atoms with Crippen LogP contribution in [0.2, 0.25) is 0 Å². The van der Waals surface area contributed by atoms with E-state index < -0.39 is 15.7 Å². The zero-order valence-corrected chi connectivity index (χ0v) is 16.9. The smallest absolute Gasteiger partial charge is 0.219 e. The fourth-order valence-corrected chi connectivity index (χ4v) is 4.96. The predicted molar refractivity (Wildman–Crippen MR) is 106 cm³/mol. The van der Waals surface area contributed by atoms with Crippen LogP contribution in [0.5, 0.6) is 0 Å². The predicted octanol–water partition coefficient (Wildman–Crippen LogP) is 3.07. The first-order chi connectivity index (χ1) is 13.8. The molecule has 2 heterocycles. The molecule has 1 amide bonds. The summed E-state index contributed by atoms with van der Waals surface area (Å²) in [6, 6.07) is 9.51. The molecule has 3 aromatic rings. The number of sulfone groups is 1. The number of rotatable bonds is 4. The summed E-state index contributed by atoms with van der Waals surface area (Å²) < 4.78 is 45.5. The van der Waals surface area contributed by atoms with Crippen LogP contribution in [-0.2, 0) is 21.1 Å². The average molecular weight is 416 g/mol. The van der Waals surface area contributed by atoms with E-state index in [4.69, 9.17) is 4.42 Å². The molecule has 1 aliphatic heterocycles. The largest absolute Gasteiger partial charge is 0.459 e. The van der Waals surface area contributed by atoms with E-state index in [0.29, 0.717) is 25.1 Å². The number of hydrogen-bond donors (Lipinski definition) is 1. The highest BCUT2D eigenvalue weighted by Crippen LogP contribution is 2.35. The fraction of sp³-hybridized carbons (Fsp3) is 0.286. The summed E-state index contributed by atoms with van der Waals surface area (Å²) in [5.41, 5.74) is 1.53. The lowest BCUT2D eigenvalue weighted by molar-refractivity contribution is -0.127. The Bertz CT molecular complexity index is 1200. The molecule has 4 rings (SSSR count). The number of carbonyl (C=O) groups excluding carboxylic acids is 1. The summed E-state index contributed by atoms with van der Waals surface area (Å²) in [5, 5.41) is 4.08. The summed E-state index contributed by atoms with van der Waals surface area (Å²) in [5.74, 6) is 0.0783. The minimum absolute atomic E-state index is 0.0430. The Morgan fingerprint density at radius 3 is 2.72 bits per heavy atom. The molecule has 1 atom stereocenters. The molecule has 1 N–H and O–H groups in total. The van der Waals surface area contributed by atoms with E-state index >= 15 is 0 Å². The van der Waals surface area contributed by atoms with Gasteiger partial charge in [0, 0.05) is 38.0 Å². The Hall–Kier alpha value is -2.71. The van der Waals surface area contributed by atoms with Crippen LogP contribution in [0, 0.1) is 5.82 Å². The molecule has 0 bridgehead atoms. The second kappa shape index (κ2) is 7.27. The third-order valence-corrected chi connectivity index (χ3v) is 7.04. The fourth-order valence-electron chi connectivity index (χ4n) is 3.64. The Morgan fingerprint density at radius 1 is 1.24 bits per heavy atom. The van der Waals surface area contributed by atoms with Crippen molar-refractivity contribution in [1.29, 1.82) is 0 Å². The van der Waals surface area contributed by atoms with Gasteiger partial charge in [0.05, 0.1) is 15.8 Å². The summed E-state index contributed by atoms with van der Waals surface area (Å²) in [4.78, 5) is 13.2. The molecule has 29 heavy (non-hydrogen) atoms. The highest BCUT2D eigenvalue weighted by Gasteiger charge is 2.29. The number of hydrogen-bond acceptors (Lipinski definition) is 5. The van der Waals surface area contributed by atoms with Crippen LogP contribution in [0.4, 0.5) is 4.39 Å². The summed E-state index contributed by atoms with van der Waals surface area (Å²) in [7, 11) is -2.12. The van der Waals surface area contributed by atoms with Gasteiger partial charge in [0.2, 0.25) is 15.7 Å². The molecule has 152 valence electrons. The second-order valence-corrected chi connectivity index (χ2v) is 9.17. The van der Waals surface area contributed by atoms with Gasteiger partial charge in [0.1, 0.15) is 17.2 Å². The van der Waals surface area contributed by atoms with E-state index in [-0.39, 0.29) is 21.7 Å². The van der Waals surface area contributed by atoms with Crippen molar-refractivity contribution in [2.75, 3.05) is 20.1 Å². The van der Waals surface area contributed by atoms with Crippen molar-refractivity contribution in [3.8, 4) is 0 Å². The van der Waals surface area contributed by atoms with Crippen molar-refractivity contribution in [1.82, 2.24) is 10.2 Å². The molecule has 6 nitrogen and oxygen atoms in total. The first-order valence-corrected chi connectivity index (χ1v) is 10.8. The third-order valence-electron chi connectivity index (χ3n) is 5.29. The van der Waals surface area contributed by atoms with E-state index in [9.17, 15) is 17.6 Å². The quantitative estimate of drug-likeness (QED) is 0.707. The topological polar surface area (TPSA) is 79.6 Å². The maximum Gasteiger partial charge on any atom is 0.219 e. The van der Waals surface area contributed by atoms with Crippen molar-refractivity contribution in [2.45, 2.75) is 29.2 Å². The number of benzene rings is 2. The summed E-state index contributed by atoms with van der Waals surface area (Å²) in [6.45, 7) is 2.65. The molecule has 1 unspecified atom stereocenters. The zero-order chi connectivity index (χ0) is 20.8. The molecule has 0 saturated carbocycles. The van der Waals surface area contributed by atoms with E-state index in [2.05, 4.69) is 5.32 Å². The lowest BCUT2D eigenvalue weighted by Crippen LogP contribution is -2.38. The molecule has 1 aliphatic rings. The van der Waals surface area contributed by atoms with Gasteiger partial charge >= 0.3 is 0 Å².